The van der Waals surface area contributed by atoms with Crippen molar-refractivity contribution in [2.24, 2.45) is 23.7 Å². The Morgan fingerprint density at radius 1 is 1.14 bits per heavy atom. The number of carboxylic acids is 1. The van der Waals surface area contributed by atoms with Crippen LogP contribution in [0.4, 0.5) is 0 Å². The number of nitrogens with zero attached hydrogens (tertiary/aromatic N) is 1. The molecule has 1 N–H and O–H groups in total. The van der Waals surface area contributed by atoms with Crippen LogP contribution >= 0.6 is 0 Å². The van der Waals surface area contributed by atoms with E-state index < -0.39 is 5.97 Å². The summed E-state index contributed by atoms with van der Waals surface area (Å²) in [7, 11) is 0. The number of carboxylic acid groups (broad SMARTS) is 1. The third-order valence-electron chi connectivity index (χ3n) is 5.72. The molecule has 5 heteroatoms. The van der Waals surface area contributed by atoms with Gasteiger partial charge in [0.05, 0.1) is 12.0 Å². The fourth-order valence-corrected chi connectivity index (χ4v) is 4.10. The van der Waals surface area contributed by atoms with E-state index in [1.54, 1.807) is 4.90 Å². The molecular formula is C17H27NO4. The number of hydrogen-bond donors (Lipinski definition) is 1. The third-order valence-corrected chi connectivity index (χ3v) is 5.72. The molecule has 0 aromatic rings. The van der Waals surface area contributed by atoms with Gasteiger partial charge in [0, 0.05) is 13.1 Å². The lowest BCUT2D eigenvalue weighted by atomic mass is 9.88. The summed E-state index contributed by atoms with van der Waals surface area (Å²) < 4.78 is 5.84. The first-order valence-corrected chi connectivity index (χ1v) is 8.68. The standard InChI is InChI=1S/C17H27NO4/c1-11-4-2-3-5-15(11)22-10-16(19)18-8-13(12-6-7-12)14(9-18)17(20)21/h11-15H,2-10H2,1H3,(H,20,21)/t11?,13-,14+,15?/m1/s1. The van der Waals surface area contributed by atoms with Crippen molar-refractivity contribution in [2.75, 3.05) is 19.7 Å². The van der Waals surface area contributed by atoms with Gasteiger partial charge in [-0.3, -0.25) is 9.59 Å². The first-order chi connectivity index (χ1) is 10.6. The number of aliphatic carboxylic acids is 1. The van der Waals surface area contributed by atoms with E-state index in [2.05, 4.69) is 6.92 Å². The van der Waals surface area contributed by atoms with Crippen LogP contribution in [0.15, 0.2) is 0 Å². The molecule has 4 atom stereocenters. The van der Waals surface area contributed by atoms with Crippen LogP contribution in [0.25, 0.3) is 0 Å². The fraction of sp³-hybridized carbons (Fsp3) is 0.882. The van der Waals surface area contributed by atoms with Crippen molar-refractivity contribution >= 4 is 11.9 Å². The third kappa shape index (κ3) is 3.45. The van der Waals surface area contributed by atoms with Crippen LogP contribution in [-0.4, -0.2) is 47.7 Å². The smallest absolute Gasteiger partial charge is 0.308 e. The zero-order chi connectivity index (χ0) is 15.7. The Bertz CT molecular complexity index is 434. The van der Waals surface area contributed by atoms with Crippen LogP contribution in [0.5, 0.6) is 0 Å². The summed E-state index contributed by atoms with van der Waals surface area (Å²) in [5.74, 6) is 0.00518. The molecule has 0 spiro atoms. The van der Waals surface area contributed by atoms with Gasteiger partial charge in [-0.1, -0.05) is 19.8 Å². The highest BCUT2D eigenvalue weighted by Crippen LogP contribution is 2.44. The number of hydrogen-bond acceptors (Lipinski definition) is 3. The number of carbonyl (C=O) groups is 2. The molecule has 0 bridgehead atoms. The minimum atomic E-state index is -0.756. The van der Waals surface area contributed by atoms with Crippen LogP contribution < -0.4 is 0 Å². The van der Waals surface area contributed by atoms with E-state index in [0.717, 1.165) is 19.3 Å². The number of amides is 1. The van der Waals surface area contributed by atoms with Crippen molar-refractivity contribution in [2.45, 2.75) is 51.6 Å². The second-order valence-electron chi connectivity index (χ2n) is 7.36. The molecule has 5 nitrogen and oxygen atoms in total. The van der Waals surface area contributed by atoms with E-state index in [1.165, 1.54) is 19.3 Å². The first-order valence-electron chi connectivity index (χ1n) is 8.68. The number of likely N-dealkylation sites (tertiary alicyclic amines) is 1. The summed E-state index contributed by atoms with van der Waals surface area (Å²) in [4.78, 5) is 25.5. The van der Waals surface area contributed by atoms with Crippen molar-refractivity contribution in [3.8, 4) is 0 Å². The van der Waals surface area contributed by atoms with E-state index in [0.29, 0.717) is 24.9 Å². The topological polar surface area (TPSA) is 66.8 Å². The van der Waals surface area contributed by atoms with Gasteiger partial charge in [-0.2, -0.15) is 0 Å². The Labute approximate surface area is 132 Å². The lowest BCUT2D eigenvalue weighted by Gasteiger charge is -2.29. The Kier molecular flexibility index (Phi) is 4.71. The molecule has 2 unspecified atom stereocenters. The molecule has 0 aromatic heterocycles. The molecule has 3 fully saturated rings. The van der Waals surface area contributed by atoms with Gasteiger partial charge in [0.15, 0.2) is 0 Å². The predicted molar refractivity (Wildman–Crippen MR) is 81.3 cm³/mol. The molecule has 124 valence electrons. The van der Waals surface area contributed by atoms with Crippen LogP contribution in [-0.2, 0) is 14.3 Å². The quantitative estimate of drug-likeness (QED) is 0.845. The Hall–Kier alpha value is -1.10. The normalized spacial score (nSPS) is 35.6. The van der Waals surface area contributed by atoms with Crippen LogP contribution in [0.3, 0.4) is 0 Å². The molecule has 1 heterocycles. The van der Waals surface area contributed by atoms with Gasteiger partial charge in [0.25, 0.3) is 0 Å². The minimum absolute atomic E-state index is 0.0350. The van der Waals surface area contributed by atoms with E-state index in [1.807, 2.05) is 0 Å². The highest BCUT2D eigenvalue weighted by atomic mass is 16.5. The molecule has 2 aliphatic carbocycles. The molecule has 0 radical (unpaired) electrons. The maximum absolute atomic E-state index is 12.4. The van der Waals surface area contributed by atoms with Crippen molar-refractivity contribution < 1.29 is 19.4 Å². The maximum Gasteiger partial charge on any atom is 0.308 e. The largest absolute Gasteiger partial charge is 0.481 e. The summed E-state index contributed by atoms with van der Waals surface area (Å²) in [6, 6.07) is 0. The summed E-state index contributed by atoms with van der Waals surface area (Å²) in [5.41, 5.74) is 0. The van der Waals surface area contributed by atoms with E-state index >= 15 is 0 Å². The highest BCUT2D eigenvalue weighted by Gasteiger charge is 2.46. The van der Waals surface area contributed by atoms with Crippen molar-refractivity contribution in [1.29, 1.82) is 0 Å². The van der Waals surface area contributed by atoms with Gasteiger partial charge in [0.2, 0.25) is 5.91 Å². The minimum Gasteiger partial charge on any atom is -0.481 e. The van der Waals surface area contributed by atoms with Gasteiger partial charge in [-0.25, -0.2) is 0 Å². The average Bonchev–Trinajstić information content (AvgIpc) is 3.24. The van der Waals surface area contributed by atoms with Gasteiger partial charge in [-0.05, 0) is 43.4 Å². The Morgan fingerprint density at radius 3 is 2.50 bits per heavy atom. The van der Waals surface area contributed by atoms with Crippen molar-refractivity contribution in [3.05, 3.63) is 0 Å². The predicted octanol–water partition coefficient (Wildman–Crippen LogP) is 2.15. The average molecular weight is 309 g/mol. The second-order valence-corrected chi connectivity index (χ2v) is 7.36. The maximum atomic E-state index is 12.4. The SMILES string of the molecule is CC1CCCCC1OCC(=O)N1C[C@H](C(=O)O)[C@@H](C2CC2)C1. The molecule has 3 aliphatic rings. The molecule has 2 saturated carbocycles. The number of carbonyl (C=O) groups excluding carboxylic acids is 1. The molecular weight excluding hydrogens is 282 g/mol. The lowest BCUT2D eigenvalue weighted by Crippen LogP contribution is -2.36. The summed E-state index contributed by atoms with van der Waals surface area (Å²) in [5, 5.41) is 9.36. The zero-order valence-corrected chi connectivity index (χ0v) is 13.4. The highest BCUT2D eigenvalue weighted by molar-refractivity contribution is 5.80. The number of ether oxygens (including phenoxy) is 1. The van der Waals surface area contributed by atoms with Crippen LogP contribution in [0.1, 0.15) is 45.4 Å². The van der Waals surface area contributed by atoms with E-state index in [9.17, 15) is 14.7 Å². The molecule has 22 heavy (non-hydrogen) atoms. The fourth-order valence-electron chi connectivity index (χ4n) is 4.10. The van der Waals surface area contributed by atoms with E-state index in [-0.39, 0.29) is 30.5 Å². The summed E-state index contributed by atoms with van der Waals surface area (Å²) >= 11 is 0. The molecule has 1 aliphatic heterocycles. The van der Waals surface area contributed by atoms with Gasteiger partial charge in [0.1, 0.15) is 6.61 Å². The molecule has 3 rings (SSSR count). The zero-order valence-electron chi connectivity index (χ0n) is 13.4. The molecule has 0 aromatic carbocycles. The monoisotopic (exact) mass is 309 g/mol. The van der Waals surface area contributed by atoms with Crippen molar-refractivity contribution in [1.82, 2.24) is 4.90 Å². The van der Waals surface area contributed by atoms with Gasteiger partial charge in [-0.15, -0.1) is 0 Å². The van der Waals surface area contributed by atoms with Gasteiger partial charge < -0.3 is 14.7 Å². The molecule has 1 saturated heterocycles. The van der Waals surface area contributed by atoms with Gasteiger partial charge >= 0.3 is 5.97 Å². The second kappa shape index (κ2) is 6.57. The Morgan fingerprint density at radius 2 is 1.86 bits per heavy atom. The number of rotatable bonds is 5. The summed E-state index contributed by atoms with van der Waals surface area (Å²) in [6.45, 7) is 3.26. The van der Waals surface area contributed by atoms with Crippen LogP contribution in [0, 0.1) is 23.7 Å². The van der Waals surface area contributed by atoms with Crippen LogP contribution in [0.2, 0.25) is 0 Å². The van der Waals surface area contributed by atoms with E-state index in [4.69, 9.17) is 4.74 Å². The summed E-state index contributed by atoms with van der Waals surface area (Å²) in [6.07, 6.45) is 7.07. The molecule has 1 amide bonds. The first kappa shape index (κ1) is 15.8. The van der Waals surface area contributed by atoms with Crippen molar-refractivity contribution in [3.63, 3.8) is 0 Å². The lowest BCUT2D eigenvalue weighted by molar-refractivity contribution is -0.143. The Balaban J connectivity index is 1.51.